The van der Waals surface area contributed by atoms with Crippen molar-refractivity contribution in [1.29, 1.82) is 0 Å². The lowest BCUT2D eigenvalue weighted by Crippen LogP contribution is -2.54. The summed E-state index contributed by atoms with van der Waals surface area (Å²) in [7, 11) is 0. The van der Waals surface area contributed by atoms with Crippen LogP contribution in [0, 0.1) is 34.5 Å². The van der Waals surface area contributed by atoms with Crippen LogP contribution in [0.1, 0.15) is 79.1 Å². The highest BCUT2D eigenvalue weighted by Gasteiger charge is 2.59. The van der Waals surface area contributed by atoms with Gasteiger partial charge in [-0.05, 0) is 98.4 Å². The molecule has 4 rings (SSSR count). The predicted octanol–water partition coefficient (Wildman–Crippen LogP) is 5.09. The van der Waals surface area contributed by atoms with Crippen LogP contribution in [0.4, 0.5) is 0 Å². The zero-order valence-electron chi connectivity index (χ0n) is 16.8. The predicted molar refractivity (Wildman–Crippen MR) is 101 cm³/mol. The molecule has 0 saturated heterocycles. The molecule has 0 amide bonds. The Balaban J connectivity index is 1.54. The second-order valence-electron chi connectivity index (χ2n) is 10.0. The number of carbonyl (C=O) groups excluding carboxylic acids is 2. The molecule has 0 aromatic rings. The SMILES string of the molecule is CC(=O)O[C@@H]1CC[C@@]2(C)[C@@H](CC[C@@H]3[C@H]2CC[C@]2(C)C(C(C)=O)=CC[C@@H]32)C1. The zero-order chi connectivity index (χ0) is 18.7. The largest absolute Gasteiger partial charge is 0.463 e. The van der Waals surface area contributed by atoms with Gasteiger partial charge in [-0.3, -0.25) is 9.59 Å². The van der Waals surface area contributed by atoms with E-state index in [1.807, 2.05) is 0 Å². The third-order valence-electron chi connectivity index (χ3n) is 8.91. The maximum absolute atomic E-state index is 12.2. The number of allylic oxidation sites excluding steroid dienone is 2. The summed E-state index contributed by atoms with van der Waals surface area (Å²) in [5.74, 6) is 3.03. The van der Waals surface area contributed by atoms with E-state index in [0.29, 0.717) is 17.3 Å². The average Bonchev–Trinajstić information content (AvgIpc) is 2.92. The first-order valence-electron chi connectivity index (χ1n) is 10.6. The van der Waals surface area contributed by atoms with Gasteiger partial charge >= 0.3 is 5.97 Å². The summed E-state index contributed by atoms with van der Waals surface area (Å²) in [5.41, 5.74) is 1.62. The van der Waals surface area contributed by atoms with Gasteiger partial charge < -0.3 is 4.74 Å². The van der Waals surface area contributed by atoms with Gasteiger partial charge in [0.2, 0.25) is 0 Å². The number of esters is 1. The second kappa shape index (κ2) is 6.21. The molecule has 0 spiro atoms. The van der Waals surface area contributed by atoms with Crippen LogP contribution in [0.25, 0.3) is 0 Å². The van der Waals surface area contributed by atoms with Crippen LogP contribution in [-0.4, -0.2) is 17.9 Å². The molecule has 0 aliphatic heterocycles. The number of rotatable bonds is 2. The van der Waals surface area contributed by atoms with E-state index in [9.17, 15) is 9.59 Å². The Morgan fingerprint density at radius 1 is 1.04 bits per heavy atom. The van der Waals surface area contributed by atoms with Crippen molar-refractivity contribution >= 4 is 11.8 Å². The second-order valence-corrected chi connectivity index (χ2v) is 10.0. The summed E-state index contributed by atoms with van der Waals surface area (Å²) in [6.45, 7) is 8.17. The minimum absolute atomic E-state index is 0.116. The average molecular weight is 359 g/mol. The van der Waals surface area contributed by atoms with Gasteiger partial charge in [-0.15, -0.1) is 0 Å². The lowest BCUT2D eigenvalue weighted by molar-refractivity contribution is -0.159. The van der Waals surface area contributed by atoms with E-state index in [1.54, 1.807) is 6.92 Å². The number of fused-ring (bicyclic) bond motifs is 5. The fourth-order valence-electron chi connectivity index (χ4n) is 7.67. The zero-order valence-corrected chi connectivity index (χ0v) is 16.8. The highest BCUT2D eigenvalue weighted by Crippen LogP contribution is 2.66. The summed E-state index contributed by atoms with van der Waals surface area (Å²) in [4.78, 5) is 23.5. The Morgan fingerprint density at radius 2 is 1.81 bits per heavy atom. The fourth-order valence-corrected chi connectivity index (χ4v) is 7.67. The van der Waals surface area contributed by atoms with Gasteiger partial charge in [0.15, 0.2) is 5.78 Å². The Labute approximate surface area is 157 Å². The first-order valence-corrected chi connectivity index (χ1v) is 10.6. The topological polar surface area (TPSA) is 43.4 Å². The molecule has 0 aromatic heterocycles. The van der Waals surface area contributed by atoms with Crippen molar-refractivity contribution in [2.24, 2.45) is 34.5 Å². The lowest BCUT2D eigenvalue weighted by atomic mass is 9.44. The van der Waals surface area contributed by atoms with E-state index in [4.69, 9.17) is 4.74 Å². The maximum atomic E-state index is 12.2. The monoisotopic (exact) mass is 358 g/mol. The van der Waals surface area contributed by atoms with Gasteiger partial charge in [0.05, 0.1) is 0 Å². The van der Waals surface area contributed by atoms with E-state index in [1.165, 1.54) is 39.0 Å². The molecule has 3 saturated carbocycles. The van der Waals surface area contributed by atoms with Crippen LogP contribution in [0.2, 0.25) is 0 Å². The Kier molecular flexibility index (Phi) is 4.36. The van der Waals surface area contributed by atoms with Gasteiger partial charge in [0, 0.05) is 6.92 Å². The molecule has 0 bridgehead atoms. The van der Waals surface area contributed by atoms with E-state index in [2.05, 4.69) is 19.9 Å². The third kappa shape index (κ3) is 2.60. The van der Waals surface area contributed by atoms with Crippen LogP contribution in [-0.2, 0) is 14.3 Å². The van der Waals surface area contributed by atoms with Crippen molar-refractivity contribution in [2.45, 2.75) is 85.2 Å². The molecular weight excluding hydrogens is 324 g/mol. The quantitative estimate of drug-likeness (QED) is 0.646. The molecular formula is C23H34O3. The van der Waals surface area contributed by atoms with Crippen LogP contribution < -0.4 is 0 Å². The molecule has 0 heterocycles. The molecule has 4 aliphatic rings. The molecule has 0 aromatic carbocycles. The van der Waals surface area contributed by atoms with Crippen LogP contribution in [0.15, 0.2) is 11.6 Å². The van der Waals surface area contributed by atoms with E-state index < -0.39 is 0 Å². The van der Waals surface area contributed by atoms with Gasteiger partial charge in [0.25, 0.3) is 0 Å². The molecule has 0 unspecified atom stereocenters. The van der Waals surface area contributed by atoms with Gasteiger partial charge in [0.1, 0.15) is 6.10 Å². The van der Waals surface area contributed by atoms with E-state index in [-0.39, 0.29) is 23.3 Å². The number of hydrogen-bond donors (Lipinski definition) is 0. The Bertz CT molecular complexity index is 650. The van der Waals surface area contributed by atoms with Crippen molar-refractivity contribution in [3.63, 3.8) is 0 Å². The summed E-state index contributed by atoms with van der Waals surface area (Å²) < 4.78 is 5.56. The molecule has 4 aliphatic carbocycles. The van der Waals surface area contributed by atoms with Crippen LogP contribution in [0.5, 0.6) is 0 Å². The fraction of sp³-hybridized carbons (Fsp3) is 0.826. The molecule has 3 fully saturated rings. The third-order valence-corrected chi connectivity index (χ3v) is 8.91. The highest BCUT2D eigenvalue weighted by atomic mass is 16.5. The van der Waals surface area contributed by atoms with Crippen molar-refractivity contribution in [3.05, 3.63) is 11.6 Å². The van der Waals surface area contributed by atoms with Crippen molar-refractivity contribution < 1.29 is 14.3 Å². The summed E-state index contributed by atoms with van der Waals surface area (Å²) in [6, 6.07) is 0. The van der Waals surface area contributed by atoms with Crippen LogP contribution >= 0.6 is 0 Å². The molecule has 26 heavy (non-hydrogen) atoms. The smallest absolute Gasteiger partial charge is 0.302 e. The Hall–Kier alpha value is -1.12. The lowest BCUT2D eigenvalue weighted by Gasteiger charge is -2.60. The van der Waals surface area contributed by atoms with Gasteiger partial charge in [-0.1, -0.05) is 19.9 Å². The number of ketones is 1. The number of Topliss-reactive ketones (excluding diaryl/α,β-unsaturated/α-hetero) is 1. The first-order chi connectivity index (χ1) is 12.3. The van der Waals surface area contributed by atoms with Crippen molar-refractivity contribution in [3.8, 4) is 0 Å². The maximum Gasteiger partial charge on any atom is 0.302 e. The molecule has 7 atom stereocenters. The van der Waals surface area contributed by atoms with E-state index >= 15 is 0 Å². The molecule has 0 radical (unpaired) electrons. The van der Waals surface area contributed by atoms with Crippen LogP contribution in [0.3, 0.4) is 0 Å². The number of ether oxygens (including phenoxy) is 1. The Morgan fingerprint density at radius 3 is 2.50 bits per heavy atom. The number of hydrogen-bond acceptors (Lipinski definition) is 3. The van der Waals surface area contributed by atoms with Gasteiger partial charge in [-0.25, -0.2) is 0 Å². The highest BCUT2D eigenvalue weighted by molar-refractivity contribution is 5.95. The number of carbonyl (C=O) groups is 2. The molecule has 0 N–H and O–H groups in total. The summed E-state index contributed by atoms with van der Waals surface area (Å²) in [6.07, 6.45) is 11.7. The molecule has 3 nitrogen and oxygen atoms in total. The van der Waals surface area contributed by atoms with Crippen molar-refractivity contribution in [1.82, 2.24) is 0 Å². The standard InChI is InChI=1S/C23H34O3/c1-14(24)19-7-8-20-18-6-5-16-13-17(26-15(2)25)9-11-22(16,3)21(18)10-12-23(19,20)4/h7,16-18,20-21H,5-6,8-13H2,1-4H3/t16-,17+,18-,20-,21+,22-,23+/m0/s1. The minimum atomic E-state index is -0.130. The van der Waals surface area contributed by atoms with Gasteiger partial charge in [-0.2, -0.15) is 0 Å². The molecule has 3 heteroatoms. The molecule has 144 valence electrons. The minimum Gasteiger partial charge on any atom is -0.463 e. The summed E-state index contributed by atoms with van der Waals surface area (Å²) in [5, 5.41) is 0. The summed E-state index contributed by atoms with van der Waals surface area (Å²) >= 11 is 0. The first kappa shape index (κ1) is 18.3. The normalized spacial score (nSPS) is 47.2. The van der Waals surface area contributed by atoms with Crippen molar-refractivity contribution in [2.75, 3.05) is 0 Å². The van der Waals surface area contributed by atoms with E-state index in [0.717, 1.165) is 36.7 Å².